The molecular weight excluding hydrogens is 383 g/mol. The van der Waals surface area contributed by atoms with E-state index in [1.807, 2.05) is 0 Å². The number of hydrogen-bond acceptors (Lipinski definition) is 3. The molecular formula is C22H40Cl2O3. The molecule has 0 heterocycles. The van der Waals surface area contributed by atoms with Gasteiger partial charge in [-0.15, -0.1) is 23.2 Å². The first-order valence-electron chi connectivity index (χ1n) is 10.5. The Kier molecular flexibility index (Phi) is 22.2. The van der Waals surface area contributed by atoms with Gasteiger partial charge in [0, 0.05) is 11.8 Å². The van der Waals surface area contributed by atoms with Crippen molar-refractivity contribution in [2.45, 2.75) is 90.3 Å². The van der Waals surface area contributed by atoms with Crippen LogP contribution in [0.4, 0.5) is 0 Å². The van der Waals surface area contributed by atoms with E-state index in [-0.39, 0.29) is 12.2 Å². The Morgan fingerprint density at radius 1 is 0.630 bits per heavy atom. The van der Waals surface area contributed by atoms with Gasteiger partial charge in [0.25, 0.3) is 0 Å². The maximum atomic E-state index is 5.87. The topological polar surface area (TPSA) is 27.7 Å². The first-order valence-corrected chi connectivity index (χ1v) is 11.6. The molecule has 0 aliphatic heterocycles. The van der Waals surface area contributed by atoms with Gasteiger partial charge in [-0.25, -0.2) is 0 Å². The van der Waals surface area contributed by atoms with Crippen LogP contribution < -0.4 is 0 Å². The quantitative estimate of drug-likeness (QED) is 0.0895. The summed E-state index contributed by atoms with van der Waals surface area (Å²) < 4.78 is 17.3. The molecule has 160 valence electrons. The van der Waals surface area contributed by atoms with Crippen molar-refractivity contribution >= 4 is 23.2 Å². The maximum Gasteiger partial charge on any atom is 0.149 e. The van der Waals surface area contributed by atoms with Crippen LogP contribution in [-0.2, 0) is 14.2 Å². The number of hydrogen-bond donors (Lipinski definition) is 0. The smallest absolute Gasteiger partial charge is 0.149 e. The van der Waals surface area contributed by atoms with Crippen molar-refractivity contribution in [3.8, 4) is 0 Å². The molecule has 5 heteroatoms. The highest BCUT2D eigenvalue weighted by Crippen LogP contribution is 2.12. The van der Waals surface area contributed by atoms with Gasteiger partial charge in [-0.1, -0.05) is 51.0 Å². The summed E-state index contributed by atoms with van der Waals surface area (Å²) in [5, 5.41) is 0. The van der Waals surface area contributed by atoms with E-state index < -0.39 is 0 Å². The predicted octanol–water partition coefficient (Wildman–Crippen LogP) is 7.22. The Morgan fingerprint density at radius 2 is 1.04 bits per heavy atom. The van der Waals surface area contributed by atoms with Crippen LogP contribution in [-0.4, -0.2) is 37.6 Å². The summed E-state index contributed by atoms with van der Waals surface area (Å²) in [6.45, 7) is 4.95. The van der Waals surface area contributed by atoms with Gasteiger partial charge in [-0.3, -0.25) is 0 Å². The molecule has 0 aliphatic rings. The summed E-state index contributed by atoms with van der Waals surface area (Å²) in [6.07, 6.45) is 19.4. The molecule has 0 spiro atoms. The number of halogens is 2. The second-order valence-corrected chi connectivity index (χ2v) is 7.40. The van der Waals surface area contributed by atoms with Crippen molar-refractivity contribution in [2.24, 2.45) is 0 Å². The molecule has 3 nitrogen and oxygen atoms in total. The van der Waals surface area contributed by atoms with Crippen molar-refractivity contribution in [1.82, 2.24) is 0 Å². The molecule has 0 aromatic heterocycles. The highest BCUT2D eigenvalue weighted by molar-refractivity contribution is 6.18. The molecule has 2 atom stereocenters. The van der Waals surface area contributed by atoms with Gasteiger partial charge in [-0.05, 0) is 51.4 Å². The minimum atomic E-state index is 0.245. The van der Waals surface area contributed by atoms with Gasteiger partial charge >= 0.3 is 0 Å². The highest BCUT2D eigenvalue weighted by Gasteiger charge is 2.09. The molecule has 0 aliphatic carbocycles. The fourth-order valence-electron chi connectivity index (χ4n) is 2.75. The molecule has 0 amide bonds. The number of ether oxygens (including phenoxy) is 3. The minimum Gasteiger partial charge on any atom is -0.352 e. The van der Waals surface area contributed by atoms with Crippen LogP contribution in [0.25, 0.3) is 0 Å². The van der Waals surface area contributed by atoms with Crippen LogP contribution in [0.15, 0.2) is 24.3 Å². The largest absolute Gasteiger partial charge is 0.352 e. The summed E-state index contributed by atoms with van der Waals surface area (Å²) in [6, 6.07) is 0. The first-order chi connectivity index (χ1) is 13.3. The number of alkyl halides is 2. The van der Waals surface area contributed by atoms with Crippen molar-refractivity contribution in [1.29, 1.82) is 0 Å². The fraction of sp³-hybridized carbons (Fsp3) is 0.818. The zero-order valence-corrected chi connectivity index (χ0v) is 18.9. The Morgan fingerprint density at radius 3 is 1.41 bits per heavy atom. The molecule has 27 heavy (non-hydrogen) atoms. The predicted molar refractivity (Wildman–Crippen MR) is 118 cm³/mol. The monoisotopic (exact) mass is 422 g/mol. The maximum absolute atomic E-state index is 5.87. The molecule has 2 unspecified atom stereocenters. The Labute approximate surface area is 177 Å². The molecule has 0 radical (unpaired) electrons. The molecule has 0 saturated heterocycles. The van der Waals surface area contributed by atoms with E-state index in [2.05, 4.69) is 38.2 Å². The standard InChI is InChI=1S/C22H40Cl2O3/c1-3-13-21(15-9-5-7-11-17-23)26-19-25-20-27-22(14-4-2)16-10-6-8-12-18-24/h5-8,21-22H,3-4,9-20H2,1-2H3/b7-5+,8-6+. The average Bonchev–Trinajstić information content (AvgIpc) is 2.67. The van der Waals surface area contributed by atoms with E-state index in [1.165, 1.54) is 0 Å². The summed E-state index contributed by atoms with van der Waals surface area (Å²) in [7, 11) is 0. The summed E-state index contributed by atoms with van der Waals surface area (Å²) in [4.78, 5) is 0. The van der Waals surface area contributed by atoms with E-state index in [0.717, 1.165) is 64.2 Å². The van der Waals surface area contributed by atoms with Crippen LogP contribution in [0, 0.1) is 0 Å². The second kappa shape index (κ2) is 22.2. The molecule has 0 saturated carbocycles. The third kappa shape index (κ3) is 19.0. The molecule has 0 aromatic carbocycles. The Balaban J connectivity index is 3.90. The third-order valence-electron chi connectivity index (χ3n) is 4.19. The summed E-state index contributed by atoms with van der Waals surface area (Å²) >= 11 is 11.3. The zero-order chi connectivity index (χ0) is 20.0. The van der Waals surface area contributed by atoms with Gasteiger partial charge < -0.3 is 14.2 Å². The summed E-state index contributed by atoms with van der Waals surface area (Å²) in [5.74, 6) is 1.37. The van der Waals surface area contributed by atoms with Crippen LogP contribution in [0.1, 0.15) is 78.1 Å². The lowest BCUT2D eigenvalue weighted by Crippen LogP contribution is -2.18. The third-order valence-corrected chi connectivity index (χ3v) is 4.63. The van der Waals surface area contributed by atoms with Crippen molar-refractivity contribution in [3.05, 3.63) is 24.3 Å². The van der Waals surface area contributed by atoms with Gasteiger partial charge in [-0.2, -0.15) is 0 Å². The fourth-order valence-corrected chi connectivity index (χ4v) is 3.00. The minimum absolute atomic E-state index is 0.245. The first kappa shape index (κ1) is 26.9. The van der Waals surface area contributed by atoms with E-state index in [4.69, 9.17) is 37.4 Å². The van der Waals surface area contributed by atoms with E-state index in [0.29, 0.717) is 25.3 Å². The van der Waals surface area contributed by atoms with Crippen LogP contribution >= 0.6 is 23.2 Å². The van der Waals surface area contributed by atoms with E-state index >= 15 is 0 Å². The Hall–Kier alpha value is -0.0600. The molecule has 0 N–H and O–H groups in total. The second-order valence-electron chi connectivity index (χ2n) is 6.65. The summed E-state index contributed by atoms with van der Waals surface area (Å²) in [5.41, 5.74) is 0. The van der Waals surface area contributed by atoms with Crippen molar-refractivity contribution in [2.75, 3.05) is 25.3 Å². The molecule has 0 rings (SSSR count). The SMILES string of the molecule is CCCC(CC/C=C/CCCl)OCOCOC(CCC)CC/C=C/CCCl. The van der Waals surface area contributed by atoms with Crippen LogP contribution in [0.2, 0.25) is 0 Å². The number of rotatable bonds is 20. The van der Waals surface area contributed by atoms with Crippen molar-refractivity contribution < 1.29 is 14.2 Å². The average molecular weight is 423 g/mol. The lowest BCUT2D eigenvalue weighted by molar-refractivity contribution is -0.167. The number of allylic oxidation sites excluding steroid dienone is 4. The van der Waals surface area contributed by atoms with Gasteiger partial charge in [0.1, 0.15) is 13.6 Å². The van der Waals surface area contributed by atoms with Gasteiger partial charge in [0.15, 0.2) is 0 Å². The van der Waals surface area contributed by atoms with E-state index in [1.54, 1.807) is 0 Å². The highest BCUT2D eigenvalue weighted by atomic mass is 35.5. The normalized spacial score (nSPS) is 14.4. The van der Waals surface area contributed by atoms with Crippen LogP contribution in [0.5, 0.6) is 0 Å². The molecule has 0 bridgehead atoms. The van der Waals surface area contributed by atoms with Crippen LogP contribution in [0.3, 0.4) is 0 Å². The van der Waals surface area contributed by atoms with Gasteiger partial charge in [0.2, 0.25) is 0 Å². The van der Waals surface area contributed by atoms with E-state index in [9.17, 15) is 0 Å². The molecule has 0 aromatic rings. The van der Waals surface area contributed by atoms with Gasteiger partial charge in [0.05, 0.1) is 12.2 Å². The Bertz CT molecular complexity index is 316. The lowest BCUT2D eigenvalue weighted by atomic mass is 10.1. The van der Waals surface area contributed by atoms with Crippen molar-refractivity contribution in [3.63, 3.8) is 0 Å². The lowest BCUT2D eigenvalue weighted by Gasteiger charge is -2.19. The molecule has 0 fully saturated rings. The zero-order valence-electron chi connectivity index (χ0n) is 17.3.